The number of imidazole rings is 1. The number of aryl methyl sites for hydroxylation is 3. The first-order valence-corrected chi connectivity index (χ1v) is 9.32. The van der Waals surface area contributed by atoms with Crippen molar-refractivity contribution in [2.24, 2.45) is 0 Å². The SMILES string of the molecule is Cc1nccn1CCCNC(=O)CCCc1nc(-c2ccc(Cl)cc2)no1. The van der Waals surface area contributed by atoms with Crippen LogP contribution in [0.3, 0.4) is 0 Å². The van der Waals surface area contributed by atoms with Gasteiger partial charge in [0.25, 0.3) is 0 Å². The monoisotopic (exact) mass is 387 g/mol. The summed E-state index contributed by atoms with van der Waals surface area (Å²) in [7, 11) is 0. The molecule has 2 aromatic heterocycles. The average molecular weight is 388 g/mol. The van der Waals surface area contributed by atoms with Crippen LogP contribution in [0, 0.1) is 6.92 Å². The van der Waals surface area contributed by atoms with Crippen molar-refractivity contribution in [2.45, 2.75) is 39.2 Å². The highest BCUT2D eigenvalue weighted by Crippen LogP contribution is 2.19. The smallest absolute Gasteiger partial charge is 0.226 e. The number of carbonyl (C=O) groups is 1. The van der Waals surface area contributed by atoms with Gasteiger partial charge >= 0.3 is 0 Å². The molecule has 0 saturated heterocycles. The fraction of sp³-hybridized carbons (Fsp3) is 0.368. The number of nitrogens with one attached hydrogen (secondary N) is 1. The molecule has 7 nitrogen and oxygen atoms in total. The van der Waals surface area contributed by atoms with Gasteiger partial charge in [0.15, 0.2) is 0 Å². The molecule has 0 spiro atoms. The van der Waals surface area contributed by atoms with Crippen molar-refractivity contribution in [3.05, 3.63) is 53.4 Å². The van der Waals surface area contributed by atoms with Crippen LogP contribution in [0.4, 0.5) is 0 Å². The van der Waals surface area contributed by atoms with E-state index in [2.05, 4.69) is 25.0 Å². The van der Waals surface area contributed by atoms with E-state index < -0.39 is 0 Å². The lowest BCUT2D eigenvalue weighted by Gasteiger charge is -2.06. The summed E-state index contributed by atoms with van der Waals surface area (Å²) in [5.41, 5.74) is 0.847. The van der Waals surface area contributed by atoms with Crippen molar-refractivity contribution in [3.8, 4) is 11.4 Å². The molecule has 1 aromatic carbocycles. The number of nitrogens with zero attached hydrogens (tertiary/aromatic N) is 4. The lowest BCUT2D eigenvalue weighted by Crippen LogP contribution is -2.25. The Hall–Kier alpha value is -2.67. The van der Waals surface area contributed by atoms with E-state index in [0.717, 1.165) is 24.4 Å². The standard InChI is InChI=1S/C19H22ClN5O2/c1-14-21-11-13-25(14)12-3-10-22-17(26)4-2-5-18-23-19(24-27-18)15-6-8-16(20)9-7-15/h6-9,11,13H,2-5,10,12H2,1H3,(H,22,26). The van der Waals surface area contributed by atoms with E-state index in [1.54, 1.807) is 18.3 Å². The molecular formula is C19H22ClN5O2. The van der Waals surface area contributed by atoms with E-state index in [1.807, 2.05) is 25.3 Å². The lowest BCUT2D eigenvalue weighted by molar-refractivity contribution is -0.121. The molecule has 0 aliphatic carbocycles. The van der Waals surface area contributed by atoms with E-state index in [-0.39, 0.29) is 5.91 Å². The van der Waals surface area contributed by atoms with Crippen molar-refractivity contribution in [2.75, 3.05) is 6.54 Å². The van der Waals surface area contributed by atoms with Gasteiger partial charge in [-0.25, -0.2) is 4.98 Å². The fourth-order valence-electron chi connectivity index (χ4n) is 2.68. The molecule has 0 atom stereocenters. The summed E-state index contributed by atoms with van der Waals surface area (Å²) < 4.78 is 7.32. The van der Waals surface area contributed by atoms with Gasteiger partial charge < -0.3 is 14.4 Å². The number of hydrogen-bond acceptors (Lipinski definition) is 5. The highest BCUT2D eigenvalue weighted by atomic mass is 35.5. The quantitative estimate of drug-likeness (QED) is 0.568. The second-order valence-corrected chi connectivity index (χ2v) is 6.68. The van der Waals surface area contributed by atoms with Crippen LogP contribution in [0.25, 0.3) is 11.4 Å². The predicted octanol–water partition coefficient (Wildman–Crippen LogP) is 3.42. The number of halogens is 1. The molecule has 1 amide bonds. The van der Waals surface area contributed by atoms with Gasteiger partial charge in [0, 0.05) is 48.9 Å². The van der Waals surface area contributed by atoms with Crippen molar-refractivity contribution in [1.29, 1.82) is 0 Å². The maximum Gasteiger partial charge on any atom is 0.226 e. The van der Waals surface area contributed by atoms with Crippen LogP contribution >= 0.6 is 11.6 Å². The molecule has 0 unspecified atom stereocenters. The topological polar surface area (TPSA) is 85.8 Å². The van der Waals surface area contributed by atoms with Gasteiger partial charge in [0.1, 0.15) is 5.82 Å². The molecule has 8 heteroatoms. The third-order valence-corrected chi connectivity index (χ3v) is 4.44. The number of carbonyl (C=O) groups excluding carboxylic acids is 1. The van der Waals surface area contributed by atoms with Crippen LogP contribution in [0.2, 0.25) is 5.02 Å². The third kappa shape index (κ3) is 5.65. The van der Waals surface area contributed by atoms with Crippen LogP contribution in [-0.4, -0.2) is 32.1 Å². The van der Waals surface area contributed by atoms with Crippen molar-refractivity contribution in [3.63, 3.8) is 0 Å². The normalized spacial score (nSPS) is 10.9. The largest absolute Gasteiger partial charge is 0.356 e. The molecule has 3 rings (SSSR count). The predicted molar refractivity (Wildman–Crippen MR) is 102 cm³/mol. The Bertz CT molecular complexity index is 872. The number of rotatable bonds is 9. The Kier molecular flexibility index (Phi) is 6.59. The molecule has 2 heterocycles. The summed E-state index contributed by atoms with van der Waals surface area (Å²) in [4.78, 5) is 20.4. The summed E-state index contributed by atoms with van der Waals surface area (Å²) in [6, 6.07) is 7.25. The molecule has 0 radical (unpaired) electrons. The first-order valence-electron chi connectivity index (χ1n) is 8.95. The molecular weight excluding hydrogens is 366 g/mol. The van der Waals surface area contributed by atoms with Gasteiger partial charge in [-0.2, -0.15) is 4.98 Å². The minimum Gasteiger partial charge on any atom is -0.356 e. The number of aromatic nitrogens is 4. The van der Waals surface area contributed by atoms with Gasteiger partial charge in [-0.3, -0.25) is 4.79 Å². The number of amides is 1. The van der Waals surface area contributed by atoms with Gasteiger partial charge in [-0.15, -0.1) is 0 Å². The van der Waals surface area contributed by atoms with E-state index in [0.29, 0.717) is 42.5 Å². The van der Waals surface area contributed by atoms with E-state index >= 15 is 0 Å². The summed E-state index contributed by atoms with van der Waals surface area (Å²) in [5, 5.41) is 7.56. The molecule has 0 aliphatic rings. The van der Waals surface area contributed by atoms with E-state index in [4.69, 9.17) is 16.1 Å². The first kappa shape index (κ1) is 19.1. The van der Waals surface area contributed by atoms with Crippen molar-refractivity contribution in [1.82, 2.24) is 25.0 Å². The number of hydrogen-bond donors (Lipinski definition) is 1. The summed E-state index contributed by atoms with van der Waals surface area (Å²) >= 11 is 5.87. The van der Waals surface area contributed by atoms with Crippen molar-refractivity contribution >= 4 is 17.5 Å². The number of benzene rings is 1. The molecule has 0 bridgehead atoms. The zero-order valence-corrected chi connectivity index (χ0v) is 15.9. The Labute approximate surface area is 162 Å². The molecule has 27 heavy (non-hydrogen) atoms. The Morgan fingerprint density at radius 1 is 1.26 bits per heavy atom. The lowest BCUT2D eigenvalue weighted by atomic mass is 10.2. The molecule has 0 saturated carbocycles. The molecule has 0 fully saturated rings. The molecule has 142 valence electrons. The van der Waals surface area contributed by atoms with Crippen LogP contribution in [-0.2, 0) is 17.8 Å². The molecule has 3 aromatic rings. The molecule has 0 aliphatic heterocycles. The average Bonchev–Trinajstić information content (AvgIpc) is 3.29. The zero-order valence-electron chi connectivity index (χ0n) is 15.2. The van der Waals surface area contributed by atoms with Crippen LogP contribution < -0.4 is 5.32 Å². The zero-order chi connectivity index (χ0) is 19.1. The van der Waals surface area contributed by atoms with Crippen LogP contribution in [0.1, 0.15) is 31.0 Å². The van der Waals surface area contributed by atoms with Crippen molar-refractivity contribution < 1.29 is 9.32 Å². The van der Waals surface area contributed by atoms with Crippen LogP contribution in [0.5, 0.6) is 0 Å². The highest BCUT2D eigenvalue weighted by Gasteiger charge is 2.09. The van der Waals surface area contributed by atoms with Gasteiger partial charge in [0.2, 0.25) is 17.6 Å². The minimum atomic E-state index is 0.0368. The van der Waals surface area contributed by atoms with E-state index in [1.165, 1.54) is 0 Å². The van der Waals surface area contributed by atoms with Crippen LogP contribution in [0.15, 0.2) is 41.2 Å². The van der Waals surface area contributed by atoms with E-state index in [9.17, 15) is 4.79 Å². The third-order valence-electron chi connectivity index (χ3n) is 4.19. The Morgan fingerprint density at radius 2 is 2.07 bits per heavy atom. The van der Waals surface area contributed by atoms with Gasteiger partial charge in [-0.1, -0.05) is 16.8 Å². The maximum absolute atomic E-state index is 11.9. The highest BCUT2D eigenvalue weighted by molar-refractivity contribution is 6.30. The second kappa shape index (κ2) is 9.32. The van der Waals surface area contributed by atoms with Gasteiger partial charge in [-0.05, 0) is 44.0 Å². The maximum atomic E-state index is 11.9. The summed E-state index contributed by atoms with van der Waals surface area (Å²) in [5.74, 6) is 2.08. The fourth-order valence-corrected chi connectivity index (χ4v) is 2.80. The summed E-state index contributed by atoms with van der Waals surface area (Å²) in [6.45, 7) is 3.47. The molecule has 1 N–H and O–H groups in total. The minimum absolute atomic E-state index is 0.0368. The Morgan fingerprint density at radius 3 is 2.81 bits per heavy atom. The summed E-state index contributed by atoms with van der Waals surface area (Å²) in [6.07, 6.45) is 6.26. The Balaban J connectivity index is 1.34. The first-order chi connectivity index (χ1) is 13.1. The second-order valence-electron chi connectivity index (χ2n) is 6.24. The van der Waals surface area contributed by atoms with Gasteiger partial charge in [0.05, 0.1) is 0 Å².